The first-order valence-electron chi connectivity index (χ1n) is 6.61. The van der Waals surface area contributed by atoms with Crippen LogP contribution < -0.4 is 5.32 Å². The number of hydrogen-bond donors (Lipinski definition) is 1. The fourth-order valence-corrected chi connectivity index (χ4v) is 2.53. The van der Waals surface area contributed by atoms with E-state index in [-0.39, 0.29) is 18.2 Å². The van der Waals surface area contributed by atoms with E-state index in [1.807, 2.05) is 0 Å². The van der Waals surface area contributed by atoms with Gasteiger partial charge in [-0.1, -0.05) is 0 Å². The predicted octanol–water partition coefficient (Wildman–Crippen LogP) is 0.842. The fraction of sp³-hybridized carbons (Fsp3) is 0.923. The van der Waals surface area contributed by atoms with E-state index in [2.05, 4.69) is 17.1 Å². The van der Waals surface area contributed by atoms with Crippen molar-refractivity contribution in [3.63, 3.8) is 0 Å². The number of carbonyl (C=O) groups is 1. The van der Waals surface area contributed by atoms with Gasteiger partial charge in [-0.15, -0.1) is 0 Å². The van der Waals surface area contributed by atoms with Crippen molar-refractivity contribution in [1.29, 1.82) is 0 Å². The van der Waals surface area contributed by atoms with E-state index in [4.69, 9.17) is 9.47 Å². The van der Waals surface area contributed by atoms with E-state index in [9.17, 15) is 4.79 Å². The molecular formula is C13H26N2O3. The Morgan fingerprint density at radius 1 is 1.33 bits per heavy atom. The molecule has 0 aromatic heterocycles. The highest BCUT2D eigenvalue weighted by Gasteiger charge is 2.25. The molecule has 106 valence electrons. The van der Waals surface area contributed by atoms with Gasteiger partial charge in [-0.3, -0.25) is 9.69 Å². The number of nitrogens with zero attached hydrogens (tertiary/aromatic N) is 1. The van der Waals surface area contributed by atoms with E-state index >= 15 is 0 Å². The Morgan fingerprint density at radius 3 is 2.33 bits per heavy atom. The van der Waals surface area contributed by atoms with Crippen molar-refractivity contribution in [2.24, 2.45) is 5.92 Å². The van der Waals surface area contributed by atoms with Crippen LogP contribution in [0.3, 0.4) is 0 Å². The molecule has 5 heteroatoms. The molecule has 1 atom stereocenters. The Labute approximate surface area is 110 Å². The third-order valence-corrected chi connectivity index (χ3v) is 3.70. The molecule has 0 aliphatic carbocycles. The van der Waals surface area contributed by atoms with Crippen LogP contribution in [0.5, 0.6) is 0 Å². The summed E-state index contributed by atoms with van der Waals surface area (Å²) in [5.74, 6) is 0.637. The highest BCUT2D eigenvalue weighted by molar-refractivity contribution is 5.73. The lowest BCUT2D eigenvalue weighted by atomic mass is 9.90. The monoisotopic (exact) mass is 258 g/mol. The van der Waals surface area contributed by atoms with Crippen LogP contribution in [0.15, 0.2) is 0 Å². The standard InChI is InChI=1S/C13H26N2O3/c1-10(14-11(2)16)12-5-7-15(8-6-12)9-13(17-3)18-4/h10,12-13H,5-9H2,1-4H3,(H,14,16)/t10-/m1/s1. The van der Waals surface area contributed by atoms with Gasteiger partial charge >= 0.3 is 0 Å². The summed E-state index contributed by atoms with van der Waals surface area (Å²) in [6.45, 7) is 6.56. The molecule has 0 spiro atoms. The highest BCUT2D eigenvalue weighted by atomic mass is 16.7. The van der Waals surface area contributed by atoms with Crippen LogP contribution in [0.2, 0.25) is 0 Å². The molecule has 0 radical (unpaired) electrons. The summed E-state index contributed by atoms with van der Waals surface area (Å²) in [5.41, 5.74) is 0. The second-order valence-electron chi connectivity index (χ2n) is 5.03. The Hall–Kier alpha value is -0.650. The molecule has 1 aliphatic heterocycles. The lowest BCUT2D eigenvalue weighted by Gasteiger charge is -2.36. The van der Waals surface area contributed by atoms with Gasteiger partial charge in [-0.05, 0) is 38.8 Å². The molecule has 0 saturated carbocycles. The van der Waals surface area contributed by atoms with Crippen molar-refractivity contribution in [3.8, 4) is 0 Å². The van der Waals surface area contributed by atoms with Gasteiger partial charge in [0.25, 0.3) is 0 Å². The third kappa shape index (κ3) is 4.92. The molecule has 0 aromatic rings. The van der Waals surface area contributed by atoms with E-state index in [0.29, 0.717) is 5.92 Å². The average molecular weight is 258 g/mol. The molecule has 1 saturated heterocycles. The number of carbonyl (C=O) groups excluding carboxylic acids is 1. The molecule has 5 nitrogen and oxygen atoms in total. The van der Waals surface area contributed by atoms with Gasteiger partial charge in [0.2, 0.25) is 5.91 Å². The first-order chi connectivity index (χ1) is 8.56. The second-order valence-corrected chi connectivity index (χ2v) is 5.03. The normalized spacial score (nSPS) is 20.1. The summed E-state index contributed by atoms with van der Waals surface area (Å²) in [6, 6.07) is 0.269. The van der Waals surface area contributed by atoms with Gasteiger partial charge in [0.1, 0.15) is 0 Å². The van der Waals surface area contributed by atoms with Crippen LogP contribution in [0, 0.1) is 5.92 Å². The number of rotatable bonds is 6. The lowest BCUT2D eigenvalue weighted by Crippen LogP contribution is -2.45. The summed E-state index contributed by atoms with van der Waals surface area (Å²) in [7, 11) is 3.33. The second kappa shape index (κ2) is 7.71. The number of piperidine rings is 1. The zero-order chi connectivity index (χ0) is 13.5. The summed E-state index contributed by atoms with van der Waals surface area (Å²) in [5, 5.41) is 2.98. The molecule has 1 rings (SSSR count). The van der Waals surface area contributed by atoms with Crippen molar-refractivity contribution in [3.05, 3.63) is 0 Å². The van der Waals surface area contributed by atoms with Crippen molar-refractivity contribution in [2.75, 3.05) is 33.9 Å². The molecule has 18 heavy (non-hydrogen) atoms. The van der Waals surface area contributed by atoms with Crippen LogP contribution >= 0.6 is 0 Å². The van der Waals surface area contributed by atoms with Gasteiger partial charge in [0, 0.05) is 33.7 Å². The molecule has 1 amide bonds. The SMILES string of the molecule is COC(CN1CCC([C@@H](C)NC(C)=O)CC1)OC. The van der Waals surface area contributed by atoms with Crippen LogP contribution in [0.4, 0.5) is 0 Å². The summed E-state index contributed by atoms with van der Waals surface area (Å²) in [6.07, 6.45) is 2.08. The molecule has 0 unspecified atom stereocenters. The zero-order valence-electron chi connectivity index (χ0n) is 11.9. The average Bonchev–Trinajstić information content (AvgIpc) is 2.35. The topological polar surface area (TPSA) is 50.8 Å². The Morgan fingerprint density at radius 2 is 1.89 bits per heavy atom. The van der Waals surface area contributed by atoms with Crippen LogP contribution in [0.25, 0.3) is 0 Å². The number of amides is 1. The quantitative estimate of drug-likeness (QED) is 0.717. The van der Waals surface area contributed by atoms with Gasteiger partial charge < -0.3 is 14.8 Å². The maximum Gasteiger partial charge on any atom is 0.217 e. The Kier molecular flexibility index (Phi) is 6.60. The molecule has 1 aliphatic rings. The predicted molar refractivity (Wildman–Crippen MR) is 70.2 cm³/mol. The summed E-state index contributed by atoms with van der Waals surface area (Å²) in [4.78, 5) is 13.4. The van der Waals surface area contributed by atoms with Crippen LogP contribution in [-0.4, -0.2) is 57.0 Å². The van der Waals surface area contributed by atoms with Crippen molar-refractivity contribution < 1.29 is 14.3 Å². The molecule has 1 heterocycles. The molecule has 1 fully saturated rings. The Bertz CT molecular complexity index is 249. The van der Waals surface area contributed by atoms with Crippen LogP contribution in [0.1, 0.15) is 26.7 Å². The minimum Gasteiger partial charge on any atom is -0.355 e. The van der Waals surface area contributed by atoms with Crippen molar-refractivity contribution >= 4 is 5.91 Å². The lowest BCUT2D eigenvalue weighted by molar-refractivity contribution is -0.121. The van der Waals surface area contributed by atoms with Gasteiger partial charge in [-0.2, -0.15) is 0 Å². The third-order valence-electron chi connectivity index (χ3n) is 3.70. The first kappa shape index (κ1) is 15.4. The summed E-state index contributed by atoms with van der Waals surface area (Å²) < 4.78 is 10.4. The van der Waals surface area contributed by atoms with Gasteiger partial charge in [0.05, 0.1) is 0 Å². The molecule has 0 bridgehead atoms. The molecular weight excluding hydrogens is 232 g/mol. The van der Waals surface area contributed by atoms with E-state index in [1.54, 1.807) is 21.1 Å². The van der Waals surface area contributed by atoms with E-state index < -0.39 is 0 Å². The van der Waals surface area contributed by atoms with E-state index in [1.165, 1.54) is 0 Å². The number of methoxy groups -OCH3 is 2. The number of nitrogens with one attached hydrogen (secondary N) is 1. The smallest absolute Gasteiger partial charge is 0.217 e. The highest BCUT2D eigenvalue weighted by Crippen LogP contribution is 2.20. The van der Waals surface area contributed by atoms with Crippen molar-refractivity contribution in [1.82, 2.24) is 10.2 Å². The maximum absolute atomic E-state index is 11.0. The van der Waals surface area contributed by atoms with Gasteiger partial charge in [-0.25, -0.2) is 0 Å². The Balaban J connectivity index is 2.29. The minimum atomic E-state index is -0.144. The number of ether oxygens (including phenoxy) is 2. The largest absolute Gasteiger partial charge is 0.355 e. The van der Waals surface area contributed by atoms with Gasteiger partial charge in [0.15, 0.2) is 6.29 Å². The summed E-state index contributed by atoms with van der Waals surface area (Å²) >= 11 is 0. The molecule has 0 aromatic carbocycles. The minimum absolute atomic E-state index is 0.0590. The number of likely N-dealkylation sites (tertiary alicyclic amines) is 1. The number of hydrogen-bond acceptors (Lipinski definition) is 4. The first-order valence-corrected chi connectivity index (χ1v) is 6.61. The molecule has 1 N–H and O–H groups in total. The maximum atomic E-state index is 11.0. The van der Waals surface area contributed by atoms with Crippen LogP contribution in [-0.2, 0) is 14.3 Å². The fourth-order valence-electron chi connectivity index (χ4n) is 2.53. The van der Waals surface area contributed by atoms with E-state index in [0.717, 1.165) is 32.5 Å². The zero-order valence-corrected chi connectivity index (χ0v) is 11.9. The van der Waals surface area contributed by atoms with Crippen molar-refractivity contribution in [2.45, 2.75) is 39.0 Å².